The van der Waals surface area contributed by atoms with Gasteiger partial charge in [0, 0.05) is 6.54 Å². The highest BCUT2D eigenvalue weighted by Crippen LogP contribution is 2.48. The lowest BCUT2D eigenvalue weighted by Crippen LogP contribution is -2.53. The van der Waals surface area contributed by atoms with Crippen LogP contribution in [-0.2, 0) is 22.3 Å². The third-order valence-corrected chi connectivity index (χ3v) is 8.25. The van der Waals surface area contributed by atoms with Crippen LogP contribution in [0.5, 0.6) is 5.75 Å². The van der Waals surface area contributed by atoms with Gasteiger partial charge < -0.3 is 14.8 Å². The maximum absolute atomic E-state index is 13.4. The molecule has 2 fully saturated rings. The second-order valence-electron chi connectivity index (χ2n) is 11.1. The van der Waals surface area contributed by atoms with Gasteiger partial charge in [0.2, 0.25) is 0 Å². The molecule has 3 atom stereocenters. The van der Waals surface area contributed by atoms with E-state index in [1.807, 2.05) is 12.1 Å². The van der Waals surface area contributed by atoms with Gasteiger partial charge in [-0.25, -0.2) is 4.39 Å². The van der Waals surface area contributed by atoms with Crippen molar-refractivity contribution in [3.63, 3.8) is 0 Å². The summed E-state index contributed by atoms with van der Waals surface area (Å²) in [4.78, 5) is 13.4. The Balaban J connectivity index is 1.31. The first-order valence-corrected chi connectivity index (χ1v) is 14.1. The third kappa shape index (κ3) is 7.53. The quantitative estimate of drug-likeness (QED) is 0.275. The lowest BCUT2D eigenvalue weighted by molar-refractivity contribution is -0.163. The summed E-state index contributed by atoms with van der Waals surface area (Å²) in [6, 6.07) is 10.3. The summed E-state index contributed by atoms with van der Waals surface area (Å²) in [5.41, 5.74) is -0.195. The predicted molar refractivity (Wildman–Crippen MR) is 142 cm³/mol. The van der Waals surface area contributed by atoms with Crippen LogP contribution < -0.4 is 10.1 Å². The van der Waals surface area contributed by atoms with Gasteiger partial charge in [-0.15, -0.1) is 0 Å². The van der Waals surface area contributed by atoms with Crippen LogP contribution >= 0.6 is 0 Å². The number of benzene rings is 2. The highest BCUT2D eigenvalue weighted by atomic mass is 19.4. The van der Waals surface area contributed by atoms with E-state index in [1.54, 1.807) is 0 Å². The van der Waals surface area contributed by atoms with Crippen LogP contribution in [-0.4, -0.2) is 25.2 Å². The number of rotatable bonds is 12. The van der Waals surface area contributed by atoms with Gasteiger partial charge in [0.15, 0.2) is 0 Å². The highest BCUT2D eigenvalue weighted by Gasteiger charge is 2.53. The van der Waals surface area contributed by atoms with E-state index in [9.17, 15) is 22.4 Å². The van der Waals surface area contributed by atoms with E-state index in [0.717, 1.165) is 63.5 Å². The van der Waals surface area contributed by atoms with E-state index < -0.39 is 17.3 Å². The monoisotopic (exact) mass is 549 g/mol. The van der Waals surface area contributed by atoms with E-state index in [2.05, 4.69) is 12.2 Å². The molecule has 1 N–H and O–H groups in total. The molecule has 1 aliphatic carbocycles. The van der Waals surface area contributed by atoms with Crippen LogP contribution in [0.1, 0.15) is 87.3 Å². The SMILES string of the molecule is CCCC(CCCC1CCC(C(=O)NCc2cc(OC)cc(C(F)(F)F)c2)(C2CC2)OC1)c1ccc(F)cc1. The molecule has 8 heteroatoms. The van der Waals surface area contributed by atoms with Crippen molar-refractivity contribution in [1.29, 1.82) is 0 Å². The van der Waals surface area contributed by atoms with E-state index in [0.29, 0.717) is 30.4 Å². The molecule has 0 spiro atoms. The number of halogens is 4. The average molecular weight is 550 g/mol. The van der Waals surface area contributed by atoms with Crippen molar-refractivity contribution in [3.8, 4) is 5.75 Å². The first-order valence-electron chi connectivity index (χ1n) is 14.1. The number of hydrogen-bond donors (Lipinski definition) is 1. The number of ether oxygens (including phenoxy) is 2. The number of amides is 1. The van der Waals surface area contributed by atoms with Crippen molar-refractivity contribution >= 4 is 5.91 Å². The van der Waals surface area contributed by atoms with Gasteiger partial charge in [-0.1, -0.05) is 31.9 Å². The molecule has 214 valence electrons. The minimum atomic E-state index is -4.50. The van der Waals surface area contributed by atoms with Crippen molar-refractivity contribution in [1.82, 2.24) is 5.32 Å². The molecule has 1 saturated carbocycles. The minimum Gasteiger partial charge on any atom is -0.497 e. The Bertz CT molecular complexity index is 1090. The zero-order chi connectivity index (χ0) is 28.0. The Morgan fingerprint density at radius 1 is 1.13 bits per heavy atom. The summed E-state index contributed by atoms with van der Waals surface area (Å²) < 4.78 is 64.5. The van der Waals surface area contributed by atoms with E-state index in [-0.39, 0.29) is 29.9 Å². The minimum absolute atomic E-state index is 0.0252. The largest absolute Gasteiger partial charge is 0.497 e. The molecule has 2 aromatic rings. The summed E-state index contributed by atoms with van der Waals surface area (Å²) in [6.07, 6.45) is 4.06. The molecule has 1 amide bonds. The highest BCUT2D eigenvalue weighted by molar-refractivity contribution is 5.86. The molecule has 1 saturated heterocycles. The Hall–Kier alpha value is -2.61. The molecule has 0 aromatic heterocycles. The summed E-state index contributed by atoms with van der Waals surface area (Å²) in [7, 11) is 1.32. The fraction of sp³-hybridized carbons (Fsp3) is 0.581. The molecular weight excluding hydrogens is 510 g/mol. The lowest BCUT2D eigenvalue weighted by Gasteiger charge is -2.39. The van der Waals surface area contributed by atoms with Crippen molar-refractivity contribution in [3.05, 3.63) is 65.0 Å². The molecule has 1 aliphatic heterocycles. The second kappa shape index (κ2) is 12.7. The molecule has 1 heterocycles. The van der Waals surface area contributed by atoms with Crippen LogP contribution in [0.3, 0.4) is 0 Å². The van der Waals surface area contributed by atoms with Crippen LogP contribution in [0.25, 0.3) is 0 Å². The van der Waals surface area contributed by atoms with E-state index in [1.165, 1.54) is 30.9 Å². The molecule has 2 aromatic carbocycles. The van der Waals surface area contributed by atoms with Crippen LogP contribution in [0.15, 0.2) is 42.5 Å². The van der Waals surface area contributed by atoms with Crippen molar-refractivity contribution < 1.29 is 31.8 Å². The van der Waals surface area contributed by atoms with Crippen molar-refractivity contribution in [2.75, 3.05) is 13.7 Å². The van der Waals surface area contributed by atoms with Gasteiger partial charge in [-0.3, -0.25) is 4.79 Å². The first-order chi connectivity index (χ1) is 18.6. The second-order valence-corrected chi connectivity index (χ2v) is 11.1. The smallest absolute Gasteiger partial charge is 0.416 e. The fourth-order valence-corrected chi connectivity index (χ4v) is 5.89. The van der Waals surface area contributed by atoms with Gasteiger partial charge >= 0.3 is 6.18 Å². The zero-order valence-electron chi connectivity index (χ0n) is 22.8. The molecule has 4 rings (SSSR count). The van der Waals surface area contributed by atoms with Gasteiger partial charge in [-0.05, 0) is 104 Å². The molecule has 0 bridgehead atoms. The van der Waals surface area contributed by atoms with E-state index >= 15 is 0 Å². The number of nitrogens with one attached hydrogen (secondary N) is 1. The summed E-state index contributed by atoms with van der Waals surface area (Å²) in [6.45, 7) is 2.65. The molecule has 0 radical (unpaired) electrons. The molecular formula is C31H39F4NO3. The predicted octanol–water partition coefficient (Wildman–Crippen LogP) is 7.80. The molecule has 2 aliphatic rings. The third-order valence-electron chi connectivity index (χ3n) is 8.25. The first kappa shape index (κ1) is 29.4. The Morgan fingerprint density at radius 3 is 2.46 bits per heavy atom. The summed E-state index contributed by atoms with van der Waals surface area (Å²) in [5.74, 6) is 0.578. The number of alkyl halides is 3. The maximum atomic E-state index is 13.4. The number of hydrogen-bond acceptors (Lipinski definition) is 3. The maximum Gasteiger partial charge on any atom is 0.416 e. The average Bonchev–Trinajstić information content (AvgIpc) is 3.78. The number of carbonyl (C=O) groups excluding carboxylic acids is 1. The van der Waals surface area contributed by atoms with Crippen molar-refractivity contribution in [2.24, 2.45) is 11.8 Å². The molecule has 39 heavy (non-hydrogen) atoms. The van der Waals surface area contributed by atoms with Crippen LogP contribution in [0, 0.1) is 17.7 Å². The Labute approximate surface area is 228 Å². The summed E-state index contributed by atoms with van der Waals surface area (Å²) >= 11 is 0. The molecule has 3 unspecified atom stereocenters. The van der Waals surface area contributed by atoms with Crippen LogP contribution in [0.2, 0.25) is 0 Å². The Kier molecular flexibility index (Phi) is 9.57. The summed E-state index contributed by atoms with van der Waals surface area (Å²) in [5, 5.41) is 2.86. The fourth-order valence-electron chi connectivity index (χ4n) is 5.89. The number of methoxy groups -OCH3 is 1. The van der Waals surface area contributed by atoms with E-state index in [4.69, 9.17) is 9.47 Å². The number of carbonyl (C=O) groups is 1. The zero-order valence-corrected chi connectivity index (χ0v) is 22.8. The van der Waals surface area contributed by atoms with Gasteiger partial charge in [0.05, 0.1) is 19.3 Å². The van der Waals surface area contributed by atoms with Gasteiger partial charge in [0.25, 0.3) is 5.91 Å². The van der Waals surface area contributed by atoms with Crippen molar-refractivity contribution in [2.45, 2.75) is 89.0 Å². The van der Waals surface area contributed by atoms with Gasteiger partial charge in [-0.2, -0.15) is 13.2 Å². The Morgan fingerprint density at radius 2 is 1.87 bits per heavy atom. The standard InChI is InChI=1S/C31H39F4NO3/c1-3-5-23(24-8-12-27(32)13-9-24)7-4-6-21-14-15-30(39-20-21,25-10-11-25)29(37)36-19-22-16-26(31(33,34)35)18-28(17-22)38-2/h8-9,12-13,16-18,21,23,25H,3-7,10-11,14-15,19-20H2,1-2H3,(H,36,37). The normalized spacial score (nSPS) is 22.4. The van der Waals surface area contributed by atoms with Crippen LogP contribution in [0.4, 0.5) is 17.6 Å². The topological polar surface area (TPSA) is 47.6 Å². The lowest BCUT2D eigenvalue weighted by atomic mass is 9.81. The molecule has 4 nitrogen and oxygen atoms in total. The van der Waals surface area contributed by atoms with Gasteiger partial charge in [0.1, 0.15) is 17.2 Å².